The molecule has 6 nitrogen and oxygen atoms in total. The second-order valence-corrected chi connectivity index (χ2v) is 7.74. The highest BCUT2D eigenvalue weighted by atomic mass is 35.5. The monoisotopic (exact) mass is 414 g/mol. The van der Waals surface area contributed by atoms with E-state index in [1.165, 1.54) is 12.1 Å². The summed E-state index contributed by atoms with van der Waals surface area (Å²) in [5.74, 6) is 0.755. The van der Waals surface area contributed by atoms with E-state index in [1.807, 2.05) is 0 Å². The topological polar surface area (TPSA) is 59.4 Å². The molecule has 0 spiro atoms. The number of nitrogens with zero attached hydrogens (tertiary/aromatic N) is 3. The average Bonchev–Trinajstić information content (AvgIpc) is 3.22. The number of hydrogen-bond acceptors (Lipinski definition) is 5. The highest BCUT2D eigenvalue weighted by molar-refractivity contribution is 6.31. The van der Waals surface area contributed by atoms with Gasteiger partial charge in [-0.25, -0.2) is 9.37 Å². The van der Waals surface area contributed by atoms with Crippen molar-refractivity contribution in [1.82, 2.24) is 19.8 Å². The van der Waals surface area contributed by atoms with Gasteiger partial charge in [-0.1, -0.05) is 11.6 Å². The predicted octanol–water partition coefficient (Wildman–Crippen LogP) is 2.52. The first-order valence-electron chi connectivity index (χ1n) is 9.70. The number of halogens is 2. The Morgan fingerprint density at radius 3 is 2.86 bits per heavy atom. The summed E-state index contributed by atoms with van der Waals surface area (Å²) in [7, 11) is 0. The first-order chi connectivity index (χ1) is 14.1. The first-order valence-corrected chi connectivity index (χ1v) is 10.1. The van der Waals surface area contributed by atoms with Gasteiger partial charge in [-0.2, -0.15) is 0 Å². The summed E-state index contributed by atoms with van der Waals surface area (Å²) in [5, 5.41) is 4.20. The smallest absolute Gasteiger partial charge is 0.266 e. The molecule has 0 aliphatic carbocycles. The lowest BCUT2D eigenvalue weighted by Gasteiger charge is -2.28. The Labute approximate surface area is 171 Å². The van der Waals surface area contributed by atoms with Crippen LogP contribution in [-0.4, -0.2) is 47.2 Å². The van der Waals surface area contributed by atoms with E-state index in [2.05, 4.69) is 10.2 Å². The van der Waals surface area contributed by atoms with Crippen LogP contribution in [0.3, 0.4) is 0 Å². The van der Waals surface area contributed by atoms with Crippen molar-refractivity contribution in [3.05, 3.63) is 62.9 Å². The molecule has 0 bridgehead atoms. The molecule has 0 amide bonds. The predicted molar refractivity (Wildman–Crippen MR) is 110 cm³/mol. The third-order valence-corrected chi connectivity index (χ3v) is 5.85. The standard InChI is InChI=1S/C21H20ClFN4O2/c22-16-2-4-18(20-14(16)5-10-29-20)27-19(12-26-8-6-24-7-9-26)25-17-3-1-13(23)11-15(17)21(27)28/h1-4,11,24H,5-10,12H2. The van der Waals surface area contributed by atoms with Crippen LogP contribution in [0.25, 0.3) is 16.6 Å². The van der Waals surface area contributed by atoms with E-state index in [4.69, 9.17) is 21.3 Å². The van der Waals surface area contributed by atoms with Gasteiger partial charge in [0.25, 0.3) is 5.56 Å². The van der Waals surface area contributed by atoms with Crippen molar-refractivity contribution in [3.8, 4) is 11.4 Å². The maximum absolute atomic E-state index is 13.9. The number of rotatable bonds is 3. The number of nitrogens with one attached hydrogen (secondary N) is 1. The number of piperazine rings is 1. The molecule has 0 radical (unpaired) electrons. The van der Waals surface area contributed by atoms with Gasteiger partial charge in [-0.15, -0.1) is 0 Å². The molecule has 150 valence electrons. The summed E-state index contributed by atoms with van der Waals surface area (Å²) < 4.78 is 21.3. The van der Waals surface area contributed by atoms with E-state index < -0.39 is 5.82 Å². The number of benzene rings is 2. The van der Waals surface area contributed by atoms with Gasteiger partial charge in [0.15, 0.2) is 0 Å². The number of hydrogen-bond donors (Lipinski definition) is 1. The number of aromatic nitrogens is 2. The molecule has 3 heterocycles. The van der Waals surface area contributed by atoms with Crippen LogP contribution >= 0.6 is 11.6 Å². The van der Waals surface area contributed by atoms with Gasteiger partial charge in [0, 0.05) is 43.2 Å². The van der Waals surface area contributed by atoms with Crippen molar-refractivity contribution in [2.75, 3.05) is 32.8 Å². The molecule has 1 saturated heterocycles. The molecule has 3 aromatic rings. The van der Waals surface area contributed by atoms with Crippen LogP contribution in [0.5, 0.6) is 5.75 Å². The second kappa shape index (κ2) is 7.40. The molecule has 0 unspecified atom stereocenters. The molecule has 5 rings (SSSR count). The lowest BCUT2D eigenvalue weighted by molar-refractivity contribution is 0.226. The second-order valence-electron chi connectivity index (χ2n) is 7.33. The van der Waals surface area contributed by atoms with Crippen LogP contribution in [0.1, 0.15) is 11.4 Å². The minimum atomic E-state index is -0.463. The lowest BCUT2D eigenvalue weighted by atomic mass is 10.1. The largest absolute Gasteiger partial charge is 0.491 e. The van der Waals surface area contributed by atoms with Gasteiger partial charge in [0.1, 0.15) is 17.4 Å². The van der Waals surface area contributed by atoms with E-state index in [-0.39, 0.29) is 10.9 Å². The Morgan fingerprint density at radius 2 is 2.03 bits per heavy atom. The van der Waals surface area contributed by atoms with Crippen molar-refractivity contribution in [2.24, 2.45) is 0 Å². The van der Waals surface area contributed by atoms with Crippen molar-refractivity contribution >= 4 is 22.5 Å². The third-order valence-electron chi connectivity index (χ3n) is 5.50. The Morgan fingerprint density at radius 1 is 1.21 bits per heavy atom. The van der Waals surface area contributed by atoms with Crippen LogP contribution in [0.15, 0.2) is 35.1 Å². The van der Waals surface area contributed by atoms with E-state index in [0.29, 0.717) is 47.4 Å². The van der Waals surface area contributed by atoms with Gasteiger partial charge < -0.3 is 10.1 Å². The van der Waals surface area contributed by atoms with E-state index in [1.54, 1.807) is 22.8 Å². The SMILES string of the molecule is O=c1c2cc(F)ccc2nc(CN2CCNCC2)n1-c1ccc(Cl)c2c1OCC2. The van der Waals surface area contributed by atoms with Gasteiger partial charge in [-0.3, -0.25) is 14.3 Å². The molecule has 2 aliphatic rings. The summed E-state index contributed by atoms with van der Waals surface area (Å²) in [6.45, 7) is 4.55. The van der Waals surface area contributed by atoms with Gasteiger partial charge >= 0.3 is 0 Å². The van der Waals surface area contributed by atoms with Crippen LogP contribution in [-0.2, 0) is 13.0 Å². The zero-order valence-electron chi connectivity index (χ0n) is 15.8. The maximum Gasteiger partial charge on any atom is 0.266 e. The molecule has 1 aromatic heterocycles. The van der Waals surface area contributed by atoms with Crippen molar-refractivity contribution in [3.63, 3.8) is 0 Å². The molecular weight excluding hydrogens is 395 g/mol. The zero-order chi connectivity index (χ0) is 20.0. The van der Waals surface area contributed by atoms with Crippen molar-refractivity contribution < 1.29 is 9.13 Å². The van der Waals surface area contributed by atoms with E-state index >= 15 is 0 Å². The zero-order valence-corrected chi connectivity index (χ0v) is 16.5. The molecule has 1 N–H and O–H groups in total. The fourth-order valence-electron chi connectivity index (χ4n) is 4.04. The van der Waals surface area contributed by atoms with Crippen LogP contribution in [0.4, 0.5) is 4.39 Å². The minimum Gasteiger partial charge on any atom is -0.491 e. The van der Waals surface area contributed by atoms with Crippen molar-refractivity contribution in [2.45, 2.75) is 13.0 Å². The Balaban J connectivity index is 1.74. The van der Waals surface area contributed by atoms with Crippen molar-refractivity contribution in [1.29, 1.82) is 0 Å². The molecule has 8 heteroatoms. The Kier molecular flexibility index (Phi) is 4.73. The van der Waals surface area contributed by atoms with Gasteiger partial charge in [0.2, 0.25) is 0 Å². The number of ether oxygens (including phenoxy) is 1. The van der Waals surface area contributed by atoms with Gasteiger partial charge in [0.05, 0.1) is 29.7 Å². The normalized spacial score (nSPS) is 16.8. The summed E-state index contributed by atoms with van der Waals surface area (Å²) in [5.41, 5.74) is 1.68. The fourth-order valence-corrected chi connectivity index (χ4v) is 4.29. The fraction of sp³-hybridized carbons (Fsp3) is 0.333. The molecule has 2 aromatic carbocycles. The number of fused-ring (bicyclic) bond motifs is 2. The highest BCUT2D eigenvalue weighted by Crippen LogP contribution is 2.37. The molecule has 29 heavy (non-hydrogen) atoms. The van der Waals surface area contributed by atoms with Crippen LogP contribution in [0.2, 0.25) is 5.02 Å². The first kappa shape index (κ1) is 18.5. The summed E-state index contributed by atoms with van der Waals surface area (Å²) in [6.07, 6.45) is 0.694. The Bertz CT molecular complexity index is 1160. The average molecular weight is 415 g/mol. The molecule has 0 atom stereocenters. The molecule has 2 aliphatic heterocycles. The summed E-state index contributed by atoms with van der Waals surface area (Å²) >= 11 is 6.33. The molecule has 0 saturated carbocycles. The molecular formula is C21H20ClFN4O2. The van der Waals surface area contributed by atoms with E-state index in [9.17, 15) is 9.18 Å². The third kappa shape index (κ3) is 3.29. The summed E-state index contributed by atoms with van der Waals surface area (Å²) in [4.78, 5) is 20.5. The highest BCUT2D eigenvalue weighted by Gasteiger charge is 2.25. The van der Waals surface area contributed by atoms with E-state index in [0.717, 1.165) is 31.7 Å². The van der Waals surface area contributed by atoms with Gasteiger partial charge in [-0.05, 0) is 30.3 Å². The van der Waals surface area contributed by atoms with Crippen LogP contribution in [0, 0.1) is 5.82 Å². The Hall–Kier alpha value is -2.48. The maximum atomic E-state index is 13.9. The minimum absolute atomic E-state index is 0.246. The quantitative estimate of drug-likeness (QED) is 0.713. The van der Waals surface area contributed by atoms with Crippen LogP contribution < -0.4 is 15.6 Å². The lowest BCUT2D eigenvalue weighted by Crippen LogP contribution is -2.44. The summed E-state index contributed by atoms with van der Waals surface area (Å²) in [6, 6.07) is 7.69. The molecule has 1 fully saturated rings.